The zero-order valence-electron chi connectivity index (χ0n) is 11.1. The fourth-order valence-corrected chi connectivity index (χ4v) is 2.15. The quantitative estimate of drug-likeness (QED) is 0.647. The number of ether oxygens (including phenoxy) is 1. The Labute approximate surface area is 111 Å². The molecule has 3 N–H and O–H groups in total. The van der Waals surface area contributed by atoms with Crippen molar-refractivity contribution in [1.82, 2.24) is 15.2 Å². The van der Waals surface area contributed by atoms with E-state index in [1.54, 1.807) is 31.1 Å². The number of nitrogens with zero attached hydrogens (tertiary/aromatic N) is 2. The van der Waals surface area contributed by atoms with Gasteiger partial charge in [0.1, 0.15) is 11.5 Å². The van der Waals surface area contributed by atoms with Crippen LogP contribution in [0.25, 0.3) is 0 Å². The molecule has 2 aromatic rings. The van der Waals surface area contributed by atoms with E-state index in [1.807, 2.05) is 6.92 Å². The smallest absolute Gasteiger partial charge is 0.161 e. The van der Waals surface area contributed by atoms with Crippen LogP contribution >= 0.6 is 0 Å². The monoisotopic (exact) mass is 264 g/mol. The van der Waals surface area contributed by atoms with Crippen LogP contribution in [-0.2, 0) is 7.05 Å². The number of hydrazine groups is 1. The Morgan fingerprint density at radius 3 is 2.84 bits per heavy atom. The lowest BCUT2D eigenvalue weighted by atomic mass is 9.98. The highest BCUT2D eigenvalue weighted by Gasteiger charge is 2.23. The lowest BCUT2D eigenvalue weighted by molar-refractivity contribution is 0.401. The van der Waals surface area contributed by atoms with E-state index in [1.165, 1.54) is 12.1 Å². The summed E-state index contributed by atoms with van der Waals surface area (Å²) in [4.78, 5) is 0. The second-order valence-corrected chi connectivity index (χ2v) is 4.32. The average molecular weight is 264 g/mol. The van der Waals surface area contributed by atoms with Gasteiger partial charge in [-0.15, -0.1) is 0 Å². The minimum Gasteiger partial charge on any atom is -0.493 e. The molecule has 5 nitrogen and oxygen atoms in total. The molecule has 1 heterocycles. The number of hydrogen-bond donors (Lipinski definition) is 2. The van der Waals surface area contributed by atoms with Gasteiger partial charge in [0, 0.05) is 7.05 Å². The normalized spacial score (nSPS) is 12.5. The first kappa shape index (κ1) is 13.5. The molecule has 102 valence electrons. The van der Waals surface area contributed by atoms with Gasteiger partial charge in [-0.3, -0.25) is 10.5 Å². The molecule has 6 heteroatoms. The number of aryl methyl sites for hydroxylation is 2. The summed E-state index contributed by atoms with van der Waals surface area (Å²) in [7, 11) is 3.35. The number of benzene rings is 1. The lowest BCUT2D eigenvalue weighted by Gasteiger charge is -2.20. The number of methoxy groups -OCH3 is 1. The first-order valence-corrected chi connectivity index (χ1v) is 5.86. The van der Waals surface area contributed by atoms with Crippen molar-refractivity contribution in [3.8, 4) is 5.75 Å². The van der Waals surface area contributed by atoms with Gasteiger partial charge in [0.2, 0.25) is 0 Å². The van der Waals surface area contributed by atoms with Crippen LogP contribution in [0.15, 0.2) is 24.4 Å². The Hall–Kier alpha value is -1.92. The van der Waals surface area contributed by atoms with Gasteiger partial charge in [-0.05, 0) is 30.2 Å². The van der Waals surface area contributed by atoms with E-state index in [0.717, 1.165) is 16.8 Å². The Morgan fingerprint density at radius 2 is 2.21 bits per heavy atom. The largest absolute Gasteiger partial charge is 0.493 e. The van der Waals surface area contributed by atoms with Gasteiger partial charge in [-0.1, -0.05) is 6.07 Å². The maximum absolute atomic E-state index is 13.4. The number of aromatic nitrogens is 2. The van der Waals surface area contributed by atoms with E-state index in [4.69, 9.17) is 10.6 Å². The fourth-order valence-electron chi connectivity index (χ4n) is 2.15. The van der Waals surface area contributed by atoms with Crippen LogP contribution in [0.4, 0.5) is 4.39 Å². The van der Waals surface area contributed by atoms with Crippen LogP contribution in [-0.4, -0.2) is 16.9 Å². The molecule has 0 spiro atoms. The Balaban J connectivity index is 2.56. The van der Waals surface area contributed by atoms with Gasteiger partial charge >= 0.3 is 0 Å². The van der Waals surface area contributed by atoms with Crippen LogP contribution in [0.5, 0.6) is 5.75 Å². The summed E-state index contributed by atoms with van der Waals surface area (Å²) in [5.74, 6) is 5.94. The van der Waals surface area contributed by atoms with E-state index < -0.39 is 6.04 Å². The van der Waals surface area contributed by atoms with Gasteiger partial charge in [-0.25, -0.2) is 9.82 Å². The molecule has 19 heavy (non-hydrogen) atoms. The Bertz CT molecular complexity index is 582. The van der Waals surface area contributed by atoms with Crippen molar-refractivity contribution < 1.29 is 9.13 Å². The third-order valence-corrected chi connectivity index (χ3v) is 3.16. The van der Waals surface area contributed by atoms with Gasteiger partial charge in [-0.2, -0.15) is 5.10 Å². The third-order valence-electron chi connectivity index (χ3n) is 3.16. The molecule has 0 aliphatic carbocycles. The van der Waals surface area contributed by atoms with E-state index in [9.17, 15) is 4.39 Å². The summed E-state index contributed by atoms with van der Waals surface area (Å²) in [5, 5.41) is 4.14. The van der Waals surface area contributed by atoms with Crippen molar-refractivity contribution >= 4 is 0 Å². The number of nitrogens with one attached hydrogen (secondary N) is 1. The van der Waals surface area contributed by atoms with Crippen molar-refractivity contribution in [1.29, 1.82) is 0 Å². The molecule has 0 bridgehead atoms. The SMILES string of the molecule is COc1cnn(C)c1C(NN)c1cc(F)ccc1C. The third kappa shape index (κ3) is 2.45. The average Bonchev–Trinajstić information content (AvgIpc) is 2.76. The minimum atomic E-state index is -0.391. The maximum Gasteiger partial charge on any atom is 0.161 e. The molecule has 0 saturated carbocycles. The molecule has 1 aromatic heterocycles. The summed E-state index contributed by atoms with van der Waals surface area (Å²) >= 11 is 0. The molecule has 1 atom stereocenters. The highest BCUT2D eigenvalue weighted by atomic mass is 19.1. The highest BCUT2D eigenvalue weighted by molar-refractivity contribution is 5.40. The zero-order valence-corrected chi connectivity index (χ0v) is 11.1. The summed E-state index contributed by atoms with van der Waals surface area (Å²) in [6, 6.07) is 4.22. The Kier molecular flexibility index (Phi) is 3.82. The van der Waals surface area contributed by atoms with Crippen LogP contribution in [0.1, 0.15) is 22.9 Å². The molecule has 0 aliphatic rings. The van der Waals surface area contributed by atoms with E-state index in [2.05, 4.69) is 10.5 Å². The maximum atomic E-state index is 13.4. The van der Waals surface area contributed by atoms with Crippen LogP contribution in [0, 0.1) is 12.7 Å². The summed E-state index contributed by atoms with van der Waals surface area (Å²) in [6.07, 6.45) is 1.61. The Morgan fingerprint density at radius 1 is 1.47 bits per heavy atom. The standard InChI is InChI=1S/C13H17FN4O/c1-8-4-5-9(14)6-10(8)12(17-15)13-11(19-3)7-16-18(13)2/h4-7,12,17H,15H2,1-3H3. The summed E-state index contributed by atoms with van der Waals surface area (Å²) in [6.45, 7) is 1.90. The van der Waals surface area contributed by atoms with Crippen LogP contribution < -0.4 is 16.0 Å². The van der Waals surface area contributed by atoms with Crippen molar-refractivity contribution in [2.75, 3.05) is 7.11 Å². The molecule has 1 aromatic carbocycles. The van der Waals surface area contributed by atoms with Crippen molar-refractivity contribution in [2.24, 2.45) is 12.9 Å². The second kappa shape index (κ2) is 5.38. The minimum absolute atomic E-state index is 0.304. The summed E-state index contributed by atoms with van der Waals surface area (Å²) < 4.78 is 20.4. The molecule has 0 aliphatic heterocycles. The highest BCUT2D eigenvalue weighted by Crippen LogP contribution is 2.30. The van der Waals surface area contributed by atoms with Crippen molar-refractivity contribution in [2.45, 2.75) is 13.0 Å². The molecule has 0 saturated heterocycles. The molecule has 0 radical (unpaired) electrons. The predicted molar refractivity (Wildman–Crippen MR) is 70.1 cm³/mol. The van der Waals surface area contributed by atoms with E-state index >= 15 is 0 Å². The number of nitrogens with two attached hydrogens (primary N) is 1. The number of rotatable bonds is 4. The van der Waals surface area contributed by atoms with Gasteiger partial charge in [0.05, 0.1) is 19.3 Å². The first-order valence-electron chi connectivity index (χ1n) is 5.86. The molecular weight excluding hydrogens is 247 g/mol. The second-order valence-electron chi connectivity index (χ2n) is 4.32. The number of hydrogen-bond acceptors (Lipinski definition) is 4. The first-order chi connectivity index (χ1) is 9.08. The molecule has 1 unspecified atom stereocenters. The van der Waals surface area contributed by atoms with Crippen molar-refractivity contribution in [3.63, 3.8) is 0 Å². The number of halogens is 1. The molecule has 0 fully saturated rings. The van der Waals surface area contributed by atoms with Crippen molar-refractivity contribution in [3.05, 3.63) is 47.0 Å². The molecule has 0 amide bonds. The van der Waals surface area contributed by atoms with E-state index in [0.29, 0.717) is 5.75 Å². The molecular formula is C13H17FN4O. The topological polar surface area (TPSA) is 65.1 Å². The van der Waals surface area contributed by atoms with Crippen LogP contribution in [0.3, 0.4) is 0 Å². The lowest BCUT2D eigenvalue weighted by Crippen LogP contribution is -2.31. The summed E-state index contributed by atoms with van der Waals surface area (Å²) in [5.41, 5.74) is 5.14. The predicted octanol–water partition coefficient (Wildman–Crippen LogP) is 1.43. The zero-order chi connectivity index (χ0) is 14.0. The van der Waals surface area contributed by atoms with E-state index in [-0.39, 0.29) is 5.82 Å². The van der Waals surface area contributed by atoms with Crippen LogP contribution in [0.2, 0.25) is 0 Å². The van der Waals surface area contributed by atoms with Gasteiger partial charge < -0.3 is 4.74 Å². The fraction of sp³-hybridized carbons (Fsp3) is 0.308. The van der Waals surface area contributed by atoms with Gasteiger partial charge in [0.15, 0.2) is 5.75 Å². The van der Waals surface area contributed by atoms with Gasteiger partial charge in [0.25, 0.3) is 0 Å². The molecule has 2 rings (SSSR count).